The van der Waals surface area contributed by atoms with Crippen molar-refractivity contribution in [3.8, 4) is 0 Å². The van der Waals surface area contributed by atoms with Crippen LogP contribution in [0, 0.1) is 17.3 Å². The molecule has 2 bridgehead atoms. The Morgan fingerprint density at radius 1 is 0.923 bits per heavy atom. The van der Waals surface area contributed by atoms with Crippen molar-refractivity contribution in [3.63, 3.8) is 0 Å². The van der Waals surface area contributed by atoms with Crippen LogP contribution in [0.2, 0.25) is 0 Å². The molecule has 0 aliphatic heterocycles. The largest absolute Gasteiger partial charge is 0.0622 e. The predicted octanol–water partition coefficient (Wildman–Crippen LogP) is 4.39. The maximum Gasteiger partial charge on any atom is -0.0274 e. The molecule has 0 atom stereocenters. The average molecular weight is 180 g/mol. The second kappa shape index (κ2) is 3.63. The first-order valence-corrected chi connectivity index (χ1v) is 6.23. The summed E-state index contributed by atoms with van der Waals surface area (Å²) in [6.07, 6.45) is 12.2. The second-order valence-electron chi connectivity index (χ2n) is 5.71. The van der Waals surface area contributed by atoms with Gasteiger partial charge in [-0.3, -0.25) is 0 Å². The van der Waals surface area contributed by atoms with E-state index in [2.05, 4.69) is 13.8 Å². The van der Waals surface area contributed by atoms with Gasteiger partial charge in [0, 0.05) is 0 Å². The lowest BCUT2D eigenvalue weighted by atomic mass is 9.69. The molecule has 0 aromatic heterocycles. The molecular formula is C13H24. The van der Waals surface area contributed by atoms with Gasteiger partial charge in [0.1, 0.15) is 0 Å². The Morgan fingerprint density at radius 3 is 2.08 bits per heavy atom. The molecule has 0 aromatic carbocycles. The van der Waals surface area contributed by atoms with Crippen LogP contribution in [0.15, 0.2) is 0 Å². The molecule has 0 spiro atoms. The van der Waals surface area contributed by atoms with E-state index < -0.39 is 0 Å². The quantitative estimate of drug-likeness (QED) is 0.561. The molecule has 0 nitrogen and oxygen atoms in total. The number of fused-ring (bicyclic) bond motifs is 3. The highest BCUT2D eigenvalue weighted by Crippen LogP contribution is 2.49. The zero-order valence-corrected chi connectivity index (χ0v) is 9.31. The first-order chi connectivity index (χ1) is 6.23. The zero-order chi connectivity index (χ0) is 9.31. The van der Waals surface area contributed by atoms with Gasteiger partial charge in [0.25, 0.3) is 0 Å². The number of rotatable bonds is 1. The molecule has 13 heavy (non-hydrogen) atoms. The van der Waals surface area contributed by atoms with Crippen LogP contribution in [-0.4, -0.2) is 0 Å². The second-order valence-corrected chi connectivity index (χ2v) is 5.71. The van der Waals surface area contributed by atoms with E-state index in [9.17, 15) is 0 Å². The van der Waals surface area contributed by atoms with Crippen molar-refractivity contribution in [2.45, 2.75) is 65.2 Å². The van der Waals surface area contributed by atoms with Crippen LogP contribution >= 0.6 is 0 Å². The van der Waals surface area contributed by atoms with Crippen LogP contribution in [0.1, 0.15) is 65.2 Å². The summed E-state index contributed by atoms with van der Waals surface area (Å²) in [7, 11) is 0. The van der Waals surface area contributed by atoms with E-state index in [1.165, 1.54) is 51.4 Å². The van der Waals surface area contributed by atoms with E-state index in [1.807, 2.05) is 0 Å². The Kier molecular flexibility index (Phi) is 2.67. The summed E-state index contributed by atoms with van der Waals surface area (Å²) in [4.78, 5) is 0. The Labute approximate surface area is 83.1 Å². The van der Waals surface area contributed by atoms with Crippen molar-refractivity contribution in [3.05, 3.63) is 0 Å². The number of hydrogen-bond donors (Lipinski definition) is 0. The molecule has 0 N–H and O–H groups in total. The highest BCUT2D eigenvalue weighted by Gasteiger charge is 2.37. The molecule has 0 heteroatoms. The monoisotopic (exact) mass is 180 g/mol. The zero-order valence-electron chi connectivity index (χ0n) is 9.31. The molecule has 2 aliphatic rings. The molecule has 0 unspecified atom stereocenters. The Hall–Kier alpha value is 0. The third kappa shape index (κ3) is 1.78. The summed E-state index contributed by atoms with van der Waals surface area (Å²) in [5, 5.41) is 0. The van der Waals surface area contributed by atoms with Gasteiger partial charge in [0.15, 0.2) is 0 Å². The van der Waals surface area contributed by atoms with Gasteiger partial charge in [-0.25, -0.2) is 0 Å². The fourth-order valence-corrected chi connectivity index (χ4v) is 3.65. The summed E-state index contributed by atoms with van der Waals surface area (Å²) in [5.41, 5.74) is 0.755. The summed E-state index contributed by atoms with van der Waals surface area (Å²) >= 11 is 0. The molecule has 2 saturated carbocycles. The minimum absolute atomic E-state index is 0.755. The van der Waals surface area contributed by atoms with Crippen LogP contribution in [0.3, 0.4) is 0 Å². The average Bonchev–Trinajstić information content (AvgIpc) is 2.34. The minimum atomic E-state index is 0.755. The van der Waals surface area contributed by atoms with Crippen LogP contribution in [-0.2, 0) is 0 Å². The lowest BCUT2D eigenvalue weighted by Gasteiger charge is -2.36. The van der Waals surface area contributed by atoms with Gasteiger partial charge < -0.3 is 0 Å². The highest BCUT2D eigenvalue weighted by molar-refractivity contribution is 4.89. The third-order valence-electron chi connectivity index (χ3n) is 4.85. The van der Waals surface area contributed by atoms with Crippen molar-refractivity contribution >= 4 is 0 Å². The first kappa shape index (κ1) is 9.55. The van der Waals surface area contributed by atoms with Gasteiger partial charge in [-0.15, -0.1) is 0 Å². The minimum Gasteiger partial charge on any atom is -0.0622 e. The van der Waals surface area contributed by atoms with Crippen molar-refractivity contribution in [2.75, 3.05) is 0 Å². The molecule has 2 rings (SSSR count). The Balaban J connectivity index is 2.15. The summed E-state index contributed by atoms with van der Waals surface area (Å²) < 4.78 is 0. The van der Waals surface area contributed by atoms with Gasteiger partial charge in [-0.1, -0.05) is 39.5 Å². The molecule has 76 valence electrons. The summed E-state index contributed by atoms with van der Waals surface area (Å²) in [6, 6.07) is 0. The molecule has 0 radical (unpaired) electrons. The van der Waals surface area contributed by atoms with Crippen LogP contribution in [0.5, 0.6) is 0 Å². The Morgan fingerprint density at radius 2 is 1.54 bits per heavy atom. The fraction of sp³-hybridized carbons (Fsp3) is 1.00. The van der Waals surface area contributed by atoms with Crippen molar-refractivity contribution in [2.24, 2.45) is 17.3 Å². The SMILES string of the molecule is CC(C)C12CCCC(CCC1)CC2. The van der Waals surface area contributed by atoms with Gasteiger partial charge in [-0.2, -0.15) is 0 Å². The summed E-state index contributed by atoms with van der Waals surface area (Å²) in [6.45, 7) is 4.90. The van der Waals surface area contributed by atoms with Gasteiger partial charge >= 0.3 is 0 Å². The van der Waals surface area contributed by atoms with E-state index in [0.717, 1.165) is 17.3 Å². The maximum absolute atomic E-state index is 2.45. The van der Waals surface area contributed by atoms with Crippen LogP contribution in [0.25, 0.3) is 0 Å². The maximum atomic E-state index is 2.45. The van der Waals surface area contributed by atoms with E-state index in [0.29, 0.717) is 0 Å². The lowest BCUT2D eigenvalue weighted by Crippen LogP contribution is -2.26. The van der Waals surface area contributed by atoms with E-state index >= 15 is 0 Å². The molecular weight excluding hydrogens is 156 g/mol. The van der Waals surface area contributed by atoms with E-state index in [4.69, 9.17) is 0 Å². The van der Waals surface area contributed by atoms with Crippen LogP contribution < -0.4 is 0 Å². The van der Waals surface area contributed by atoms with E-state index in [-0.39, 0.29) is 0 Å². The van der Waals surface area contributed by atoms with Crippen molar-refractivity contribution in [1.29, 1.82) is 0 Å². The number of hydrogen-bond acceptors (Lipinski definition) is 0. The van der Waals surface area contributed by atoms with Crippen molar-refractivity contribution < 1.29 is 0 Å². The molecule has 0 amide bonds. The van der Waals surface area contributed by atoms with Gasteiger partial charge in [0.2, 0.25) is 0 Å². The van der Waals surface area contributed by atoms with E-state index in [1.54, 1.807) is 0 Å². The first-order valence-electron chi connectivity index (χ1n) is 6.23. The fourth-order valence-electron chi connectivity index (χ4n) is 3.65. The molecule has 0 aromatic rings. The van der Waals surface area contributed by atoms with Gasteiger partial charge in [0.05, 0.1) is 0 Å². The lowest BCUT2D eigenvalue weighted by molar-refractivity contribution is 0.142. The van der Waals surface area contributed by atoms with Gasteiger partial charge in [-0.05, 0) is 42.9 Å². The third-order valence-corrected chi connectivity index (χ3v) is 4.85. The normalized spacial score (nSPS) is 40.4. The Bertz CT molecular complexity index is 159. The molecule has 2 fully saturated rings. The molecule has 0 saturated heterocycles. The van der Waals surface area contributed by atoms with Crippen LogP contribution in [0.4, 0.5) is 0 Å². The van der Waals surface area contributed by atoms with Crippen molar-refractivity contribution in [1.82, 2.24) is 0 Å². The standard InChI is InChI=1S/C13H24/c1-11(2)13-8-3-5-12(7-10-13)6-4-9-13/h11-12H,3-10H2,1-2H3. The summed E-state index contributed by atoms with van der Waals surface area (Å²) in [5.74, 6) is 2.02. The highest BCUT2D eigenvalue weighted by atomic mass is 14.4. The molecule has 2 aliphatic carbocycles. The molecule has 0 heterocycles. The predicted molar refractivity (Wildman–Crippen MR) is 57.7 cm³/mol. The topological polar surface area (TPSA) is 0 Å². The smallest absolute Gasteiger partial charge is 0.0274 e.